The second kappa shape index (κ2) is 7.48. The van der Waals surface area contributed by atoms with Crippen molar-refractivity contribution in [3.05, 3.63) is 22.4 Å². The molecule has 0 N–H and O–H groups in total. The van der Waals surface area contributed by atoms with Crippen molar-refractivity contribution in [3.63, 3.8) is 0 Å². The van der Waals surface area contributed by atoms with Crippen molar-refractivity contribution in [1.82, 2.24) is 9.47 Å². The summed E-state index contributed by atoms with van der Waals surface area (Å²) >= 11 is 3.51. The molecule has 1 aliphatic carbocycles. The van der Waals surface area contributed by atoms with Crippen LogP contribution in [0, 0.1) is 5.92 Å². The molecule has 1 amide bonds. The van der Waals surface area contributed by atoms with Gasteiger partial charge >= 0.3 is 0 Å². The Kier molecular flexibility index (Phi) is 5.91. The first-order valence-electron chi connectivity index (χ1n) is 8.19. The van der Waals surface area contributed by atoms with Gasteiger partial charge in [0, 0.05) is 29.8 Å². The third-order valence-electron chi connectivity index (χ3n) is 4.14. The Hall–Kier alpha value is -0.770. The van der Waals surface area contributed by atoms with Crippen LogP contribution < -0.4 is 0 Å². The van der Waals surface area contributed by atoms with E-state index in [9.17, 15) is 4.79 Å². The van der Waals surface area contributed by atoms with E-state index in [-0.39, 0.29) is 5.91 Å². The molecule has 2 rings (SSSR count). The van der Waals surface area contributed by atoms with Crippen LogP contribution in [0.4, 0.5) is 0 Å². The molecule has 1 aromatic heterocycles. The van der Waals surface area contributed by atoms with E-state index in [0.717, 1.165) is 42.5 Å². The molecular formula is C17H27BrN2O. The smallest absolute Gasteiger partial charge is 0.270 e. The molecule has 1 aliphatic rings. The molecule has 118 valence electrons. The average molecular weight is 355 g/mol. The Morgan fingerprint density at radius 1 is 1.43 bits per heavy atom. The number of hydrogen-bond acceptors (Lipinski definition) is 1. The first-order valence-corrected chi connectivity index (χ1v) is 8.98. The standard InChI is InChI=1S/C17H27BrN2O/c1-4-9-19-12-14(18)10-16(19)17(21)20(11-13(2)3)15-7-5-6-8-15/h10,12-13,15H,4-9,11H2,1-3H3. The fourth-order valence-electron chi connectivity index (χ4n) is 3.23. The topological polar surface area (TPSA) is 25.2 Å². The number of aryl methyl sites for hydroxylation is 1. The zero-order valence-corrected chi connectivity index (χ0v) is 15.0. The van der Waals surface area contributed by atoms with Crippen LogP contribution >= 0.6 is 15.9 Å². The molecule has 4 heteroatoms. The highest BCUT2D eigenvalue weighted by atomic mass is 79.9. The van der Waals surface area contributed by atoms with Gasteiger partial charge in [-0.05, 0) is 47.2 Å². The summed E-state index contributed by atoms with van der Waals surface area (Å²) in [5, 5.41) is 0. The van der Waals surface area contributed by atoms with Gasteiger partial charge in [0.15, 0.2) is 0 Å². The number of halogens is 1. The van der Waals surface area contributed by atoms with Gasteiger partial charge in [0.2, 0.25) is 0 Å². The normalized spacial score (nSPS) is 15.9. The zero-order valence-electron chi connectivity index (χ0n) is 13.4. The van der Waals surface area contributed by atoms with Gasteiger partial charge in [-0.15, -0.1) is 0 Å². The summed E-state index contributed by atoms with van der Waals surface area (Å²) in [5.74, 6) is 0.710. The number of nitrogens with zero attached hydrogens (tertiary/aromatic N) is 2. The zero-order chi connectivity index (χ0) is 15.4. The summed E-state index contributed by atoms with van der Waals surface area (Å²) < 4.78 is 3.09. The van der Waals surface area contributed by atoms with Crippen LogP contribution in [0.3, 0.4) is 0 Å². The largest absolute Gasteiger partial charge is 0.342 e. The monoisotopic (exact) mass is 354 g/mol. The number of carbonyl (C=O) groups excluding carboxylic acids is 1. The Morgan fingerprint density at radius 2 is 2.10 bits per heavy atom. The quantitative estimate of drug-likeness (QED) is 0.726. The summed E-state index contributed by atoms with van der Waals surface area (Å²) in [6.07, 6.45) is 7.90. The van der Waals surface area contributed by atoms with Crippen molar-refractivity contribution in [3.8, 4) is 0 Å². The summed E-state index contributed by atoms with van der Waals surface area (Å²) in [6.45, 7) is 8.28. The molecule has 1 saturated carbocycles. The van der Waals surface area contributed by atoms with Gasteiger partial charge in [-0.2, -0.15) is 0 Å². The second-order valence-corrected chi connectivity index (χ2v) is 7.44. The Labute approximate surface area is 136 Å². The third kappa shape index (κ3) is 4.12. The third-order valence-corrected chi connectivity index (χ3v) is 4.57. The molecule has 0 saturated heterocycles. The van der Waals surface area contributed by atoms with E-state index in [2.05, 4.69) is 46.2 Å². The SMILES string of the molecule is CCCn1cc(Br)cc1C(=O)N(CC(C)C)C1CCCC1. The van der Waals surface area contributed by atoms with Gasteiger partial charge in [0.05, 0.1) is 0 Å². The van der Waals surface area contributed by atoms with E-state index >= 15 is 0 Å². The van der Waals surface area contributed by atoms with E-state index in [1.165, 1.54) is 12.8 Å². The average Bonchev–Trinajstić information content (AvgIpc) is 3.05. The van der Waals surface area contributed by atoms with Crippen molar-refractivity contribution in [2.75, 3.05) is 6.54 Å². The van der Waals surface area contributed by atoms with E-state index in [1.54, 1.807) is 0 Å². The fraction of sp³-hybridized carbons (Fsp3) is 0.706. The minimum atomic E-state index is 0.203. The highest BCUT2D eigenvalue weighted by molar-refractivity contribution is 9.10. The minimum absolute atomic E-state index is 0.203. The number of hydrogen-bond donors (Lipinski definition) is 0. The Bertz CT molecular complexity index is 475. The predicted octanol–water partition coefficient (Wildman–Crippen LogP) is 4.70. The molecule has 0 atom stereocenters. The molecule has 1 fully saturated rings. The molecule has 0 bridgehead atoms. The molecule has 1 aromatic rings. The van der Waals surface area contributed by atoms with Gasteiger partial charge < -0.3 is 9.47 Å². The molecule has 0 aliphatic heterocycles. The summed E-state index contributed by atoms with van der Waals surface area (Å²) in [6, 6.07) is 2.41. The molecular weight excluding hydrogens is 328 g/mol. The summed E-state index contributed by atoms with van der Waals surface area (Å²) in [5.41, 5.74) is 0.830. The maximum absolute atomic E-state index is 13.1. The first-order chi connectivity index (χ1) is 10.0. The van der Waals surface area contributed by atoms with Crippen molar-refractivity contribution in [2.24, 2.45) is 5.92 Å². The molecule has 0 radical (unpaired) electrons. The maximum Gasteiger partial charge on any atom is 0.270 e. The number of carbonyl (C=O) groups is 1. The summed E-state index contributed by atoms with van der Waals surface area (Å²) in [7, 11) is 0. The van der Waals surface area contributed by atoms with Crippen LogP contribution in [0.25, 0.3) is 0 Å². The maximum atomic E-state index is 13.1. The highest BCUT2D eigenvalue weighted by Crippen LogP contribution is 2.27. The van der Waals surface area contributed by atoms with Crippen LogP contribution in [0.5, 0.6) is 0 Å². The highest BCUT2D eigenvalue weighted by Gasteiger charge is 2.29. The number of aromatic nitrogens is 1. The molecule has 1 heterocycles. The van der Waals surface area contributed by atoms with Crippen LogP contribution in [0.15, 0.2) is 16.7 Å². The van der Waals surface area contributed by atoms with E-state index < -0.39 is 0 Å². The van der Waals surface area contributed by atoms with E-state index in [1.807, 2.05) is 12.3 Å². The molecule has 0 unspecified atom stereocenters. The molecule has 0 aromatic carbocycles. The number of rotatable bonds is 6. The molecule has 3 nitrogen and oxygen atoms in total. The van der Waals surface area contributed by atoms with Gasteiger partial charge in [-0.25, -0.2) is 0 Å². The Balaban J connectivity index is 2.24. The molecule has 0 spiro atoms. The lowest BCUT2D eigenvalue weighted by molar-refractivity contribution is 0.0644. The number of amides is 1. The minimum Gasteiger partial charge on any atom is -0.342 e. The van der Waals surface area contributed by atoms with Gasteiger partial charge in [-0.3, -0.25) is 4.79 Å². The summed E-state index contributed by atoms with van der Waals surface area (Å²) in [4.78, 5) is 15.2. The lowest BCUT2D eigenvalue weighted by Gasteiger charge is -2.31. The second-order valence-electron chi connectivity index (χ2n) is 6.53. The first kappa shape index (κ1) is 16.6. The Morgan fingerprint density at radius 3 is 2.67 bits per heavy atom. The molecule has 21 heavy (non-hydrogen) atoms. The van der Waals surface area contributed by atoms with Gasteiger partial charge in [0.25, 0.3) is 5.91 Å². The lowest BCUT2D eigenvalue weighted by atomic mass is 10.1. The van der Waals surface area contributed by atoms with Crippen molar-refractivity contribution < 1.29 is 4.79 Å². The van der Waals surface area contributed by atoms with Crippen LogP contribution in [0.2, 0.25) is 0 Å². The van der Waals surface area contributed by atoms with Crippen LogP contribution in [-0.4, -0.2) is 28.0 Å². The fourth-order valence-corrected chi connectivity index (χ4v) is 3.70. The van der Waals surface area contributed by atoms with E-state index in [0.29, 0.717) is 12.0 Å². The van der Waals surface area contributed by atoms with E-state index in [4.69, 9.17) is 0 Å². The van der Waals surface area contributed by atoms with Gasteiger partial charge in [0.1, 0.15) is 5.69 Å². The van der Waals surface area contributed by atoms with Crippen molar-refractivity contribution in [1.29, 1.82) is 0 Å². The van der Waals surface area contributed by atoms with Crippen LogP contribution in [-0.2, 0) is 6.54 Å². The lowest BCUT2D eigenvalue weighted by Crippen LogP contribution is -2.42. The van der Waals surface area contributed by atoms with Crippen molar-refractivity contribution in [2.45, 2.75) is 65.5 Å². The van der Waals surface area contributed by atoms with Crippen molar-refractivity contribution >= 4 is 21.8 Å². The predicted molar refractivity (Wildman–Crippen MR) is 90.6 cm³/mol. The van der Waals surface area contributed by atoms with Gasteiger partial charge in [-0.1, -0.05) is 33.6 Å². The van der Waals surface area contributed by atoms with Crippen LogP contribution in [0.1, 0.15) is 63.4 Å².